The Kier molecular flexibility index (Phi) is 3.79. The lowest BCUT2D eigenvalue weighted by Gasteiger charge is -2.07. The van der Waals surface area contributed by atoms with Gasteiger partial charge in [0.25, 0.3) is 0 Å². The Hall–Kier alpha value is -2.65. The minimum atomic E-state index is 0.710. The van der Waals surface area contributed by atoms with E-state index in [1.165, 1.54) is 5.56 Å². The van der Waals surface area contributed by atoms with E-state index < -0.39 is 0 Å². The van der Waals surface area contributed by atoms with E-state index in [9.17, 15) is 0 Å². The first-order valence-electron chi connectivity index (χ1n) is 7.71. The summed E-state index contributed by atoms with van der Waals surface area (Å²) in [7, 11) is 1.67. The van der Waals surface area contributed by atoms with Crippen LogP contribution < -0.4 is 10.1 Å². The topological polar surface area (TPSA) is 34.4 Å². The van der Waals surface area contributed by atoms with Gasteiger partial charge >= 0.3 is 0 Å². The zero-order valence-electron chi connectivity index (χ0n) is 13.2. The molecule has 4 heteroatoms. The number of methoxy groups -OCH3 is 1. The molecule has 120 valence electrons. The largest absolute Gasteiger partial charge is 0.497 e. The van der Waals surface area contributed by atoms with Gasteiger partial charge in [0.1, 0.15) is 16.9 Å². The summed E-state index contributed by atoms with van der Waals surface area (Å²) >= 11 is 6.11. The second-order valence-electron chi connectivity index (χ2n) is 5.66. The summed E-state index contributed by atoms with van der Waals surface area (Å²) in [6.45, 7) is 0.742. The van der Waals surface area contributed by atoms with Crippen molar-refractivity contribution in [1.82, 2.24) is 0 Å². The van der Waals surface area contributed by atoms with Gasteiger partial charge in [-0.05, 0) is 54.1 Å². The van der Waals surface area contributed by atoms with Crippen LogP contribution in [0, 0.1) is 0 Å². The molecule has 0 saturated carbocycles. The van der Waals surface area contributed by atoms with Gasteiger partial charge < -0.3 is 14.5 Å². The number of fused-ring (bicyclic) bond motifs is 3. The Morgan fingerprint density at radius 2 is 1.62 bits per heavy atom. The number of nitrogens with one attached hydrogen (secondary N) is 1. The number of anilines is 1. The highest BCUT2D eigenvalue weighted by Crippen LogP contribution is 2.32. The lowest BCUT2D eigenvalue weighted by atomic mass is 10.1. The van der Waals surface area contributed by atoms with Gasteiger partial charge in [0.05, 0.1) is 7.11 Å². The maximum absolute atomic E-state index is 6.11. The summed E-state index contributed by atoms with van der Waals surface area (Å²) < 4.78 is 11.0. The molecule has 0 saturated heterocycles. The number of hydrogen-bond donors (Lipinski definition) is 1. The van der Waals surface area contributed by atoms with Gasteiger partial charge in [0, 0.05) is 28.0 Å². The van der Waals surface area contributed by atoms with E-state index in [4.69, 9.17) is 20.8 Å². The standard InChI is InChI=1S/C20H16ClNO2/c1-23-16-6-2-13(3-7-16)12-22-15-5-9-20-18(11-15)17-10-14(21)4-8-19(17)24-20/h2-11,22H,12H2,1H3. The van der Waals surface area contributed by atoms with Crippen LogP contribution in [0.5, 0.6) is 5.75 Å². The lowest BCUT2D eigenvalue weighted by molar-refractivity contribution is 0.414. The van der Waals surface area contributed by atoms with Gasteiger partial charge in [-0.2, -0.15) is 0 Å². The van der Waals surface area contributed by atoms with Crippen molar-refractivity contribution in [1.29, 1.82) is 0 Å². The van der Waals surface area contributed by atoms with Crippen molar-refractivity contribution >= 4 is 39.2 Å². The molecule has 0 unspecified atom stereocenters. The monoisotopic (exact) mass is 337 g/mol. The molecule has 0 amide bonds. The molecule has 1 aromatic heterocycles. The predicted molar refractivity (Wildman–Crippen MR) is 99.1 cm³/mol. The first kappa shape index (κ1) is 14.9. The normalized spacial score (nSPS) is 11.1. The van der Waals surface area contributed by atoms with E-state index in [0.717, 1.165) is 39.9 Å². The summed E-state index contributed by atoms with van der Waals surface area (Å²) in [4.78, 5) is 0. The van der Waals surface area contributed by atoms with Crippen molar-refractivity contribution in [3.05, 3.63) is 71.2 Å². The second kappa shape index (κ2) is 6.10. The van der Waals surface area contributed by atoms with Crippen molar-refractivity contribution in [2.24, 2.45) is 0 Å². The Balaban J connectivity index is 1.61. The molecule has 0 aliphatic carbocycles. The Morgan fingerprint density at radius 1 is 0.917 bits per heavy atom. The molecular weight excluding hydrogens is 322 g/mol. The third kappa shape index (κ3) is 2.79. The van der Waals surface area contributed by atoms with Crippen LogP contribution >= 0.6 is 11.6 Å². The summed E-state index contributed by atoms with van der Waals surface area (Å²) in [5, 5.41) is 6.25. The minimum absolute atomic E-state index is 0.710. The van der Waals surface area contributed by atoms with Gasteiger partial charge in [0.2, 0.25) is 0 Å². The molecule has 0 fully saturated rings. The van der Waals surface area contributed by atoms with E-state index >= 15 is 0 Å². The molecule has 24 heavy (non-hydrogen) atoms. The van der Waals surface area contributed by atoms with Crippen LogP contribution in [-0.4, -0.2) is 7.11 Å². The maximum Gasteiger partial charge on any atom is 0.135 e. The van der Waals surface area contributed by atoms with Crippen LogP contribution in [0.2, 0.25) is 5.02 Å². The molecule has 0 radical (unpaired) electrons. The zero-order chi connectivity index (χ0) is 16.5. The van der Waals surface area contributed by atoms with E-state index in [1.54, 1.807) is 7.11 Å². The Morgan fingerprint density at radius 3 is 2.38 bits per heavy atom. The summed E-state index contributed by atoms with van der Waals surface area (Å²) in [5.74, 6) is 0.863. The fourth-order valence-electron chi connectivity index (χ4n) is 2.81. The van der Waals surface area contributed by atoms with Crippen LogP contribution in [0.1, 0.15) is 5.56 Å². The van der Waals surface area contributed by atoms with Crippen LogP contribution in [0.4, 0.5) is 5.69 Å². The van der Waals surface area contributed by atoms with Crippen LogP contribution in [-0.2, 0) is 6.54 Å². The molecule has 0 bridgehead atoms. The molecule has 3 aromatic carbocycles. The fourth-order valence-corrected chi connectivity index (χ4v) is 2.98. The fraction of sp³-hybridized carbons (Fsp3) is 0.100. The highest BCUT2D eigenvalue weighted by molar-refractivity contribution is 6.31. The molecule has 0 atom stereocenters. The smallest absolute Gasteiger partial charge is 0.135 e. The van der Waals surface area contributed by atoms with E-state index in [0.29, 0.717) is 5.02 Å². The van der Waals surface area contributed by atoms with Crippen LogP contribution in [0.25, 0.3) is 21.9 Å². The molecule has 0 spiro atoms. The minimum Gasteiger partial charge on any atom is -0.497 e. The number of benzene rings is 3. The van der Waals surface area contributed by atoms with Gasteiger partial charge in [-0.15, -0.1) is 0 Å². The third-order valence-corrected chi connectivity index (χ3v) is 4.32. The SMILES string of the molecule is COc1ccc(CNc2ccc3oc4ccc(Cl)cc4c3c2)cc1. The Labute approximate surface area is 144 Å². The first-order valence-corrected chi connectivity index (χ1v) is 8.09. The van der Waals surface area contributed by atoms with Gasteiger partial charge in [0.15, 0.2) is 0 Å². The molecule has 0 aliphatic rings. The first-order chi connectivity index (χ1) is 11.7. The number of halogens is 1. The Bertz CT molecular complexity index is 1010. The number of ether oxygens (including phenoxy) is 1. The van der Waals surface area contributed by atoms with Crippen molar-refractivity contribution in [3.8, 4) is 5.75 Å². The number of furan rings is 1. The van der Waals surface area contributed by atoms with E-state index in [2.05, 4.69) is 23.5 Å². The van der Waals surface area contributed by atoms with Crippen molar-refractivity contribution in [3.63, 3.8) is 0 Å². The van der Waals surface area contributed by atoms with Crippen LogP contribution in [0.15, 0.2) is 65.1 Å². The van der Waals surface area contributed by atoms with Crippen LogP contribution in [0.3, 0.4) is 0 Å². The summed E-state index contributed by atoms with van der Waals surface area (Å²) in [6.07, 6.45) is 0. The quantitative estimate of drug-likeness (QED) is 0.506. The summed E-state index contributed by atoms with van der Waals surface area (Å²) in [6, 6.07) is 19.8. The molecule has 4 aromatic rings. The number of rotatable bonds is 4. The van der Waals surface area contributed by atoms with E-state index in [-0.39, 0.29) is 0 Å². The average molecular weight is 338 g/mol. The highest BCUT2D eigenvalue weighted by Gasteiger charge is 2.08. The van der Waals surface area contributed by atoms with Crippen molar-refractivity contribution in [2.75, 3.05) is 12.4 Å². The molecule has 1 N–H and O–H groups in total. The van der Waals surface area contributed by atoms with Gasteiger partial charge in [-0.25, -0.2) is 0 Å². The lowest BCUT2D eigenvalue weighted by Crippen LogP contribution is -1.99. The molecule has 3 nitrogen and oxygen atoms in total. The summed E-state index contributed by atoms with van der Waals surface area (Å²) in [5.41, 5.74) is 3.95. The highest BCUT2D eigenvalue weighted by atomic mass is 35.5. The van der Waals surface area contributed by atoms with Gasteiger partial charge in [-0.1, -0.05) is 23.7 Å². The predicted octanol–water partition coefficient (Wildman–Crippen LogP) is 5.86. The van der Waals surface area contributed by atoms with Crippen molar-refractivity contribution < 1.29 is 9.15 Å². The van der Waals surface area contributed by atoms with E-state index in [1.807, 2.05) is 42.5 Å². The molecular formula is C20H16ClNO2. The second-order valence-corrected chi connectivity index (χ2v) is 6.09. The zero-order valence-corrected chi connectivity index (χ0v) is 13.9. The molecule has 1 heterocycles. The molecule has 4 rings (SSSR count). The maximum atomic E-state index is 6.11. The van der Waals surface area contributed by atoms with Gasteiger partial charge in [-0.3, -0.25) is 0 Å². The van der Waals surface area contributed by atoms with Crippen molar-refractivity contribution in [2.45, 2.75) is 6.54 Å². The molecule has 0 aliphatic heterocycles. The number of hydrogen-bond acceptors (Lipinski definition) is 3. The average Bonchev–Trinajstić information content (AvgIpc) is 2.97. The third-order valence-electron chi connectivity index (χ3n) is 4.09.